The molecule has 0 aromatic heterocycles. The van der Waals surface area contributed by atoms with Crippen LogP contribution in [0.25, 0.3) is 11.1 Å². The second-order valence-electron chi connectivity index (χ2n) is 9.05. The molecule has 0 N–H and O–H groups in total. The van der Waals surface area contributed by atoms with Crippen molar-refractivity contribution >= 4 is 6.47 Å². The fourth-order valence-electron chi connectivity index (χ4n) is 3.59. The third kappa shape index (κ3) is 3.22. The van der Waals surface area contributed by atoms with E-state index in [1.807, 2.05) is 0 Å². The number of benzene rings is 2. The molecule has 2 aromatic rings. The molecule has 2 heteroatoms. The predicted octanol–water partition coefficient (Wildman–Crippen LogP) is 5.48. The van der Waals surface area contributed by atoms with Crippen LogP contribution in [0.4, 0.5) is 0 Å². The highest BCUT2D eigenvalue weighted by molar-refractivity contribution is 5.80. The molecule has 2 nitrogen and oxygen atoms in total. The Balaban J connectivity index is 2.17. The highest BCUT2D eigenvalue weighted by atomic mass is 16.5. The predicted molar refractivity (Wildman–Crippen MR) is 103 cm³/mol. The van der Waals surface area contributed by atoms with Crippen LogP contribution in [0.15, 0.2) is 36.4 Å². The van der Waals surface area contributed by atoms with Gasteiger partial charge in [0, 0.05) is 5.92 Å². The molecule has 131 valence electrons. The zero-order chi connectivity index (χ0) is 18.4. The second kappa shape index (κ2) is 6.01. The Morgan fingerprint density at radius 3 is 2.04 bits per heavy atom. The number of carbonyl (C=O) groups excluding carboxylic acids is 1. The third-order valence-corrected chi connectivity index (χ3v) is 5.19. The molecule has 0 bridgehead atoms. The molecule has 1 aliphatic rings. The Morgan fingerprint density at radius 1 is 0.840 bits per heavy atom. The number of hydrogen-bond donors (Lipinski definition) is 0. The van der Waals surface area contributed by atoms with E-state index in [1.165, 1.54) is 33.4 Å². The third-order valence-electron chi connectivity index (χ3n) is 5.19. The number of rotatable bonds is 3. The van der Waals surface area contributed by atoms with Crippen LogP contribution in [0.3, 0.4) is 0 Å². The van der Waals surface area contributed by atoms with Crippen molar-refractivity contribution in [3.63, 3.8) is 0 Å². The second-order valence-corrected chi connectivity index (χ2v) is 9.05. The highest BCUT2D eigenvalue weighted by Crippen LogP contribution is 2.47. The SMILES string of the molecule is CC(C)(C)c1ccc2c(c1)-c1ccc(C(C)(C)C)cc1C2CO[C]=O. The molecule has 1 radical (unpaired) electrons. The van der Waals surface area contributed by atoms with Gasteiger partial charge >= 0.3 is 6.47 Å². The zero-order valence-electron chi connectivity index (χ0n) is 16.1. The Morgan fingerprint density at radius 2 is 1.44 bits per heavy atom. The minimum Gasteiger partial charge on any atom is -0.456 e. The molecule has 0 amide bonds. The van der Waals surface area contributed by atoms with Crippen LogP contribution in [0.5, 0.6) is 0 Å². The maximum absolute atomic E-state index is 10.7. The van der Waals surface area contributed by atoms with E-state index >= 15 is 0 Å². The molecule has 0 spiro atoms. The monoisotopic (exact) mass is 335 g/mol. The van der Waals surface area contributed by atoms with E-state index in [9.17, 15) is 4.79 Å². The molecule has 0 saturated heterocycles. The van der Waals surface area contributed by atoms with Gasteiger partial charge in [0.25, 0.3) is 0 Å². The van der Waals surface area contributed by atoms with Gasteiger partial charge in [0.2, 0.25) is 0 Å². The van der Waals surface area contributed by atoms with Gasteiger partial charge in [-0.1, -0.05) is 77.9 Å². The lowest BCUT2D eigenvalue weighted by Crippen LogP contribution is -2.13. The standard InChI is InChI=1S/C23H27O2/c1-22(2,3)15-8-10-18-19(11-15)17-9-7-16(23(4,5)6)12-20(17)21(18)13-25-14-24/h7-12,21H,13H2,1-6H3. The number of hydrogen-bond acceptors (Lipinski definition) is 2. The Bertz CT molecular complexity index is 804. The summed E-state index contributed by atoms with van der Waals surface area (Å²) in [6.07, 6.45) is 0. The van der Waals surface area contributed by atoms with E-state index in [2.05, 4.69) is 77.9 Å². The maximum Gasteiger partial charge on any atom is 0.417 e. The van der Waals surface area contributed by atoms with Gasteiger partial charge in [-0.25, -0.2) is 4.79 Å². The van der Waals surface area contributed by atoms with Crippen LogP contribution < -0.4 is 0 Å². The first kappa shape index (κ1) is 17.7. The first-order chi connectivity index (χ1) is 11.6. The zero-order valence-corrected chi connectivity index (χ0v) is 16.1. The van der Waals surface area contributed by atoms with Gasteiger partial charge in [-0.05, 0) is 44.2 Å². The molecule has 25 heavy (non-hydrogen) atoms. The topological polar surface area (TPSA) is 26.3 Å². The minimum absolute atomic E-state index is 0.0859. The average Bonchev–Trinajstić information content (AvgIpc) is 2.83. The number of fused-ring (bicyclic) bond motifs is 3. The van der Waals surface area contributed by atoms with Crippen LogP contribution in [-0.2, 0) is 20.4 Å². The Kier molecular flexibility index (Phi) is 4.26. The summed E-state index contributed by atoms with van der Waals surface area (Å²) in [5.74, 6) is 0.0859. The van der Waals surface area contributed by atoms with Crippen LogP contribution in [0.1, 0.15) is 69.7 Å². The average molecular weight is 335 g/mol. The van der Waals surface area contributed by atoms with Crippen molar-refractivity contribution in [3.05, 3.63) is 58.7 Å². The molecule has 1 aliphatic carbocycles. The first-order valence-corrected chi connectivity index (χ1v) is 8.91. The van der Waals surface area contributed by atoms with Crippen LogP contribution >= 0.6 is 0 Å². The van der Waals surface area contributed by atoms with E-state index in [-0.39, 0.29) is 16.7 Å². The first-order valence-electron chi connectivity index (χ1n) is 8.91. The number of ether oxygens (including phenoxy) is 1. The Hall–Kier alpha value is -2.09. The van der Waals surface area contributed by atoms with Crippen molar-refractivity contribution in [3.8, 4) is 11.1 Å². The molecule has 0 saturated carbocycles. The molecule has 2 aromatic carbocycles. The molecule has 0 heterocycles. The summed E-state index contributed by atoms with van der Waals surface area (Å²) in [5, 5.41) is 0. The van der Waals surface area contributed by atoms with Crippen LogP contribution in [0.2, 0.25) is 0 Å². The Labute approximate surface area is 151 Å². The largest absolute Gasteiger partial charge is 0.456 e. The lowest BCUT2D eigenvalue weighted by atomic mass is 9.84. The fourth-order valence-corrected chi connectivity index (χ4v) is 3.59. The molecular formula is C23H27O2. The van der Waals surface area contributed by atoms with Crippen molar-refractivity contribution < 1.29 is 9.53 Å². The van der Waals surface area contributed by atoms with Gasteiger partial charge in [0.05, 0.1) is 0 Å². The maximum atomic E-state index is 10.7. The van der Waals surface area contributed by atoms with E-state index in [1.54, 1.807) is 6.47 Å². The lowest BCUT2D eigenvalue weighted by Gasteiger charge is -2.21. The normalized spacial score (nSPS) is 16.3. The van der Waals surface area contributed by atoms with Crippen molar-refractivity contribution in [2.75, 3.05) is 6.61 Å². The molecule has 3 rings (SSSR count). The fraction of sp³-hybridized carbons (Fsp3) is 0.435. The van der Waals surface area contributed by atoms with Crippen molar-refractivity contribution in [2.24, 2.45) is 0 Å². The summed E-state index contributed by atoms with van der Waals surface area (Å²) in [7, 11) is 0. The highest BCUT2D eigenvalue weighted by Gasteiger charge is 2.31. The van der Waals surface area contributed by atoms with E-state index in [0.29, 0.717) is 6.61 Å². The minimum atomic E-state index is 0.0859. The summed E-state index contributed by atoms with van der Waals surface area (Å²) >= 11 is 0. The van der Waals surface area contributed by atoms with Crippen molar-refractivity contribution in [2.45, 2.75) is 58.3 Å². The van der Waals surface area contributed by atoms with E-state index in [4.69, 9.17) is 4.74 Å². The van der Waals surface area contributed by atoms with E-state index in [0.717, 1.165) is 0 Å². The molecule has 0 fully saturated rings. The summed E-state index contributed by atoms with van der Waals surface area (Å²) in [4.78, 5) is 10.7. The van der Waals surface area contributed by atoms with Gasteiger partial charge in [-0.15, -0.1) is 0 Å². The van der Waals surface area contributed by atoms with Gasteiger partial charge in [-0.2, -0.15) is 0 Å². The van der Waals surface area contributed by atoms with E-state index < -0.39 is 0 Å². The smallest absolute Gasteiger partial charge is 0.417 e. The molecule has 1 atom stereocenters. The lowest BCUT2D eigenvalue weighted by molar-refractivity contribution is 0.268. The van der Waals surface area contributed by atoms with Gasteiger partial charge < -0.3 is 4.74 Å². The molecular weight excluding hydrogens is 308 g/mol. The van der Waals surface area contributed by atoms with Crippen LogP contribution in [0, 0.1) is 0 Å². The summed E-state index contributed by atoms with van der Waals surface area (Å²) in [6.45, 7) is 15.3. The molecule has 1 unspecified atom stereocenters. The van der Waals surface area contributed by atoms with Crippen LogP contribution in [-0.4, -0.2) is 13.1 Å². The summed E-state index contributed by atoms with van der Waals surface area (Å²) < 4.78 is 5.05. The van der Waals surface area contributed by atoms with Gasteiger partial charge in [0.15, 0.2) is 0 Å². The summed E-state index contributed by atoms with van der Waals surface area (Å²) in [5.41, 5.74) is 7.83. The van der Waals surface area contributed by atoms with Crippen molar-refractivity contribution in [1.29, 1.82) is 0 Å². The summed E-state index contributed by atoms with van der Waals surface area (Å²) in [6, 6.07) is 13.4. The van der Waals surface area contributed by atoms with Gasteiger partial charge in [-0.3, -0.25) is 0 Å². The molecule has 0 aliphatic heterocycles. The van der Waals surface area contributed by atoms with Gasteiger partial charge in [0.1, 0.15) is 6.61 Å². The quantitative estimate of drug-likeness (QED) is 0.742. The van der Waals surface area contributed by atoms with Crippen molar-refractivity contribution in [1.82, 2.24) is 0 Å².